The van der Waals surface area contributed by atoms with Crippen LogP contribution in [0, 0.1) is 0 Å². The van der Waals surface area contributed by atoms with E-state index in [4.69, 9.17) is 16.3 Å². The van der Waals surface area contributed by atoms with Crippen molar-refractivity contribution in [2.24, 2.45) is 0 Å². The van der Waals surface area contributed by atoms with Gasteiger partial charge in [-0.15, -0.1) is 0 Å². The van der Waals surface area contributed by atoms with E-state index in [2.05, 4.69) is 9.97 Å². The molecule has 2 aromatic carbocycles. The number of rotatable bonds is 4. The van der Waals surface area contributed by atoms with Gasteiger partial charge in [0.1, 0.15) is 6.10 Å². The van der Waals surface area contributed by atoms with Crippen molar-refractivity contribution in [3.8, 4) is 0 Å². The fourth-order valence-corrected chi connectivity index (χ4v) is 4.20. The number of ether oxygens (including phenoxy) is 1. The van der Waals surface area contributed by atoms with Crippen molar-refractivity contribution in [2.45, 2.75) is 12.5 Å². The van der Waals surface area contributed by atoms with Crippen molar-refractivity contribution in [1.82, 2.24) is 14.9 Å². The van der Waals surface area contributed by atoms with Gasteiger partial charge in [-0.05, 0) is 47.5 Å². The number of hydrogen-bond acceptors (Lipinski definition) is 4. The van der Waals surface area contributed by atoms with Crippen molar-refractivity contribution < 1.29 is 9.53 Å². The van der Waals surface area contributed by atoms with E-state index in [-0.39, 0.29) is 12.0 Å². The lowest BCUT2D eigenvalue weighted by Crippen LogP contribution is -2.42. The van der Waals surface area contributed by atoms with Crippen LogP contribution in [0.2, 0.25) is 5.02 Å². The first kappa shape index (κ1) is 20.6. The van der Waals surface area contributed by atoms with Gasteiger partial charge in [-0.3, -0.25) is 14.8 Å². The van der Waals surface area contributed by atoms with Crippen molar-refractivity contribution in [2.75, 3.05) is 19.7 Å². The number of pyridine rings is 2. The van der Waals surface area contributed by atoms with Gasteiger partial charge in [0.25, 0.3) is 5.91 Å². The molecule has 0 N–H and O–H groups in total. The van der Waals surface area contributed by atoms with Gasteiger partial charge in [0.05, 0.1) is 24.4 Å². The molecule has 6 heteroatoms. The molecule has 2 aromatic heterocycles. The molecule has 3 heterocycles. The molecule has 1 saturated heterocycles. The highest BCUT2D eigenvalue weighted by Crippen LogP contribution is 2.24. The second kappa shape index (κ2) is 9.07. The first-order valence-corrected chi connectivity index (χ1v) is 11.0. The third-order valence-corrected chi connectivity index (χ3v) is 6.10. The average Bonchev–Trinajstić information content (AvgIpc) is 2.85. The van der Waals surface area contributed by atoms with Crippen molar-refractivity contribution >= 4 is 28.4 Å². The van der Waals surface area contributed by atoms with Crippen LogP contribution < -0.4 is 0 Å². The zero-order valence-corrected chi connectivity index (χ0v) is 18.2. The Morgan fingerprint density at radius 1 is 1.06 bits per heavy atom. The molecular formula is C26H22ClN3O2. The summed E-state index contributed by atoms with van der Waals surface area (Å²) in [4.78, 5) is 23.9. The van der Waals surface area contributed by atoms with Crippen LogP contribution in [0.4, 0.5) is 0 Å². The fraction of sp³-hybridized carbons (Fsp3) is 0.192. The number of aromatic nitrogens is 2. The number of hydrogen-bond donors (Lipinski definition) is 0. The lowest BCUT2D eigenvalue weighted by Gasteiger charge is -2.32. The van der Waals surface area contributed by atoms with E-state index in [0.29, 0.717) is 25.3 Å². The first-order valence-electron chi connectivity index (χ1n) is 10.6. The van der Waals surface area contributed by atoms with E-state index in [1.807, 2.05) is 77.8 Å². The Labute approximate surface area is 191 Å². The zero-order chi connectivity index (χ0) is 21.9. The zero-order valence-electron chi connectivity index (χ0n) is 17.4. The summed E-state index contributed by atoms with van der Waals surface area (Å²) in [5.74, 6) is -0.000562. The smallest absolute Gasteiger partial charge is 0.254 e. The number of nitrogens with zero attached hydrogens (tertiary/aromatic N) is 3. The number of carbonyl (C=O) groups excluding carboxylic acids is 1. The van der Waals surface area contributed by atoms with Crippen LogP contribution in [0.15, 0.2) is 79.1 Å². The van der Waals surface area contributed by atoms with Gasteiger partial charge in [-0.25, -0.2) is 0 Å². The van der Waals surface area contributed by atoms with E-state index in [0.717, 1.165) is 39.2 Å². The molecule has 5 nitrogen and oxygen atoms in total. The summed E-state index contributed by atoms with van der Waals surface area (Å²) >= 11 is 6.27. The van der Waals surface area contributed by atoms with Gasteiger partial charge < -0.3 is 9.64 Å². The standard InChI is InChI=1S/C26H22ClN3O2/c27-22-6-2-1-4-19(22)14-18-7-9-24(29-16-18)25-17-30(12-13-32-25)26(31)21-8-10-23-20(15-21)5-3-11-28-23/h1-11,15-16,25H,12-14,17H2/t25-/m1/s1. The number of morpholine rings is 1. The molecule has 1 aliphatic rings. The van der Waals surface area contributed by atoms with Gasteiger partial charge in [0.2, 0.25) is 0 Å². The number of fused-ring (bicyclic) bond motifs is 1. The molecule has 160 valence electrons. The summed E-state index contributed by atoms with van der Waals surface area (Å²) in [6.07, 6.45) is 4.09. The molecular weight excluding hydrogens is 422 g/mol. The molecule has 0 saturated carbocycles. The number of halogens is 1. The maximum atomic E-state index is 13.1. The van der Waals surface area contributed by atoms with Crippen LogP contribution >= 0.6 is 11.6 Å². The number of carbonyl (C=O) groups is 1. The molecule has 1 amide bonds. The lowest BCUT2D eigenvalue weighted by molar-refractivity contribution is -0.0247. The minimum atomic E-state index is -0.246. The van der Waals surface area contributed by atoms with Crippen LogP contribution in [0.3, 0.4) is 0 Å². The summed E-state index contributed by atoms with van der Waals surface area (Å²) in [5, 5.41) is 1.71. The average molecular weight is 444 g/mol. The maximum absolute atomic E-state index is 13.1. The second-order valence-corrected chi connectivity index (χ2v) is 8.29. The summed E-state index contributed by atoms with van der Waals surface area (Å²) < 4.78 is 5.94. The Balaban J connectivity index is 1.29. The van der Waals surface area contributed by atoms with Crippen LogP contribution in [-0.4, -0.2) is 40.5 Å². The number of amides is 1. The van der Waals surface area contributed by atoms with Crippen LogP contribution in [0.5, 0.6) is 0 Å². The highest BCUT2D eigenvalue weighted by Gasteiger charge is 2.27. The highest BCUT2D eigenvalue weighted by molar-refractivity contribution is 6.31. The monoisotopic (exact) mass is 443 g/mol. The van der Waals surface area contributed by atoms with Gasteiger partial charge in [-0.2, -0.15) is 0 Å². The Morgan fingerprint density at radius 2 is 1.97 bits per heavy atom. The molecule has 1 fully saturated rings. The molecule has 32 heavy (non-hydrogen) atoms. The third kappa shape index (κ3) is 4.35. The Morgan fingerprint density at radius 3 is 2.81 bits per heavy atom. The van der Waals surface area contributed by atoms with Crippen molar-refractivity contribution in [3.63, 3.8) is 0 Å². The largest absolute Gasteiger partial charge is 0.368 e. The molecule has 4 aromatic rings. The first-order chi connectivity index (χ1) is 15.7. The molecule has 5 rings (SSSR count). The van der Waals surface area contributed by atoms with Gasteiger partial charge in [0.15, 0.2) is 0 Å². The quantitative estimate of drug-likeness (QED) is 0.441. The van der Waals surface area contributed by atoms with E-state index in [9.17, 15) is 4.79 Å². The third-order valence-electron chi connectivity index (χ3n) is 5.73. The molecule has 0 aliphatic carbocycles. The Hall–Kier alpha value is -3.28. The van der Waals surface area contributed by atoms with Crippen LogP contribution in [-0.2, 0) is 11.2 Å². The van der Waals surface area contributed by atoms with Gasteiger partial charge in [-0.1, -0.05) is 41.9 Å². The van der Waals surface area contributed by atoms with Crippen molar-refractivity contribution in [1.29, 1.82) is 0 Å². The van der Waals surface area contributed by atoms with Gasteiger partial charge in [0, 0.05) is 41.3 Å². The summed E-state index contributed by atoms with van der Waals surface area (Å²) in [6, 6.07) is 21.3. The van der Waals surface area contributed by atoms with Crippen LogP contribution in [0.25, 0.3) is 10.9 Å². The highest BCUT2D eigenvalue weighted by atomic mass is 35.5. The number of benzene rings is 2. The van der Waals surface area contributed by atoms with E-state index < -0.39 is 0 Å². The summed E-state index contributed by atoms with van der Waals surface area (Å²) in [7, 11) is 0. The molecule has 0 bridgehead atoms. The SMILES string of the molecule is O=C(c1ccc2ncccc2c1)N1CCO[C@@H](c2ccc(Cc3ccccc3Cl)cn2)C1. The maximum Gasteiger partial charge on any atom is 0.254 e. The topological polar surface area (TPSA) is 55.3 Å². The molecule has 1 aliphatic heterocycles. The van der Waals surface area contributed by atoms with E-state index in [1.54, 1.807) is 6.20 Å². The van der Waals surface area contributed by atoms with Crippen molar-refractivity contribution in [3.05, 3.63) is 107 Å². The summed E-state index contributed by atoms with van der Waals surface area (Å²) in [6.45, 7) is 1.51. The minimum absolute atomic E-state index is 0.000562. The van der Waals surface area contributed by atoms with Crippen LogP contribution in [0.1, 0.15) is 33.3 Å². The molecule has 0 unspecified atom stereocenters. The van der Waals surface area contributed by atoms with E-state index in [1.165, 1.54) is 0 Å². The minimum Gasteiger partial charge on any atom is -0.368 e. The predicted molar refractivity (Wildman–Crippen MR) is 125 cm³/mol. The normalized spacial score (nSPS) is 16.3. The summed E-state index contributed by atoms with van der Waals surface area (Å²) in [5.41, 5.74) is 4.52. The predicted octanol–water partition coefficient (Wildman–Crippen LogP) is 5.09. The molecule has 1 atom stereocenters. The molecule has 0 spiro atoms. The molecule has 0 radical (unpaired) electrons. The second-order valence-electron chi connectivity index (χ2n) is 7.88. The lowest BCUT2D eigenvalue weighted by atomic mass is 10.1. The fourth-order valence-electron chi connectivity index (χ4n) is 4.00. The Bertz CT molecular complexity index is 1260. The van der Waals surface area contributed by atoms with Gasteiger partial charge >= 0.3 is 0 Å². The Kier molecular flexibility index (Phi) is 5.84. The van der Waals surface area contributed by atoms with E-state index >= 15 is 0 Å².